The van der Waals surface area contributed by atoms with Crippen molar-refractivity contribution in [3.63, 3.8) is 0 Å². The first kappa shape index (κ1) is 10.3. The highest BCUT2D eigenvalue weighted by Gasteiger charge is 2.17. The standard InChI is InChI=1S/C11H16N6/c12-9-8-10(16-15-9)13-7-14-11(8)17-5-3-1-2-4-6-17/h7H,1-6H2,(H3,12,13,14,15,16). The summed E-state index contributed by atoms with van der Waals surface area (Å²) in [5, 5.41) is 7.70. The third-order valence-corrected chi connectivity index (χ3v) is 3.26. The van der Waals surface area contributed by atoms with Crippen molar-refractivity contribution in [2.75, 3.05) is 23.7 Å². The van der Waals surface area contributed by atoms with E-state index in [4.69, 9.17) is 5.73 Å². The van der Waals surface area contributed by atoms with Crippen LogP contribution < -0.4 is 10.6 Å². The summed E-state index contributed by atoms with van der Waals surface area (Å²) in [6.45, 7) is 2.08. The van der Waals surface area contributed by atoms with E-state index >= 15 is 0 Å². The van der Waals surface area contributed by atoms with Crippen molar-refractivity contribution < 1.29 is 0 Å². The Bertz CT molecular complexity index is 512. The van der Waals surface area contributed by atoms with Gasteiger partial charge in [-0.1, -0.05) is 12.8 Å². The lowest BCUT2D eigenvalue weighted by atomic mass is 10.2. The number of anilines is 2. The van der Waals surface area contributed by atoms with Gasteiger partial charge in [-0.05, 0) is 12.8 Å². The lowest BCUT2D eigenvalue weighted by molar-refractivity contribution is 0.726. The molecule has 0 saturated carbocycles. The number of nitrogens with one attached hydrogen (secondary N) is 1. The highest BCUT2D eigenvalue weighted by Crippen LogP contribution is 2.27. The molecule has 0 amide bonds. The molecule has 17 heavy (non-hydrogen) atoms. The fraction of sp³-hybridized carbons (Fsp3) is 0.545. The highest BCUT2D eigenvalue weighted by molar-refractivity contribution is 5.95. The molecule has 3 heterocycles. The first-order chi connectivity index (χ1) is 8.36. The fourth-order valence-corrected chi connectivity index (χ4v) is 2.38. The number of H-pyrrole nitrogens is 1. The van der Waals surface area contributed by atoms with Crippen LogP contribution in [0.4, 0.5) is 11.6 Å². The van der Waals surface area contributed by atoms with Crippen LogP contribution in [0, 0.1) is 0 Å². The molecule has 1 fully saturated rings. The van der Waals surface area contributed by atoms with E-state index in [0.717, 1.165) is 24.3 Å². The number of aromatic nitrogens is 4. The number of aromatic amines is 1. The molecule has 0 bridgehead atoms. The van der Waals surface area contributed by atoms with E-state index < -0.39 is 0 Å². The van der Waals surface area contributed by atoms with Gasteiger partial charge in [-0.25, -0.2) is 9.97 Å². The monoisotopic (exact) mass is 232 g/mol. The van der Waals surface area contributed by atoms with Crippen molar-refractivity contribution in [3.8, 4) is 0 Å². The van der Waals surface area contributed by atoms with Crippen LogP contribution in [-0.4, -0.2) is 33.3 Å². The first-order valence-electron chi connectivity index (χ1n) is 6.06. The summed E-state index contributed by atoms with van der Waals surface area (Å²) >= 11 is 0. The molecule has 3 rings (SSSR count). The molecule has 3 N–H and O–H groups in total. The van der Waals surface area contributed by atoms with Crippen LogP contribution in [0.3, 0.4) is 0 Å². The molecule has 6 heteroatoms. The number of fused-ring (bicyclic) bond motifs is 1. The summed E-state index contributed by atoms with van der Waals surface area (Å²) in [6.07, 6.45) is 6.58. The third kappa shape index (κ3) is 1.79. The predicted molar refractivity (Wildman–Crippen MR) is 66.8 cm³/mol. The van der Waals surface area contributed by atoms with Crippen molar-refractivity contribution in [1.82, 2.24) is 20.2 Å². The average molecular weight is 232 g/mol. The van der Waals surface area contributed by atoms with Crippen LogP contribution in [0.15, 0.2) is 6.33 Å². The van der Waals surface area contributed by atoms with Gasteiger partial charge in [0.25, 0.3) is 0 Å². The molecule has 2 aromatic rings. The van der Waals surface area contributed by atoms with Crippen molar-refractivity contribution in [1.29, 1.82) is 0 Å². The number of nitrogens with zero attached hydrogens (tertiary/aromatic N) is 4. The Morgan fingerprint density at radius 2 is 1.88 bits per heavy atom. The first-order valence-corrected chi connectivity index (χ1v) is 6.06. The largest absolute Gasteiger partial charge is 0.383 e. The van der Waals surface area contributed by atoms with Crippen molar-refractivity contribution in [2.45, 2.75) is 25.7 Å². The van der Waals surface area contributed by atoms with Crippen LogP contribution in [0.1, 0.15) is 25.7 Å². The second-order valence-electron chi connectivity index (χ2n) is 4.43. The summed E-state index contributed by atoms with van der Waals surface area (Å²) in [4.78, 5) is 10.8. The van der Waals surface area contributed by atoms with Gasteiger partial charge in [0.15, 0.2) is 5.65 Å². The summed E-state index contributed by atoms with van der Waals surface area (Å²) in [6, 6.07) is 0. The molecular weight excluding hydrogens is 216 g/mol. The van der Waals surface area contributed by atoms with Crippen LogP contribution in [0.2, 0.25) is 0 Å². The van der Waals surface area contributed by atoms with Gasteiger partial charge >= 0.3 is 0 Å². The molecule has 1 aliphatic heterocycles. The van der Waals surface area contributed by atoms with Crippen molar-refractivity contribution in [2.24, 2.45) is 0 Å². The number of rotatable bonds is 1. The maximum atomic E-state index is 5.90. The molecule has 0 radical (unpaired) electrons. The van der Waals surface area contributed by atoms with Gasteiger partial charge in [-0.15, -0.1) is 0 Å². The normalized spacial score (nSPS) is 17.3. The maximum Gasteiger partial charge on any atom is 0.188 e. The Balaban J connectivity index is 2.06. The Morgan fingerprint density at radius 3 is 2.65 bits per heavy atom. The van der Waals surface area contributed by atoms with E-state index in [-0.39, 0.29) is 0 Å². The zero-order valence-corrected chi connectivity index (χ0v) is 9.69. The molecule has 2 aromatic heterocycles. The van der Waals surface area contributed by atoms with E-state index in [0.29, 0.717) is 11.5 Å². The van der Waals surface area contributed by atoms with Gasteiger partial charge in [0.2, 0.25) is 0 Å². The minimum Gasteiger partial charge on any atom is -0.383 e. The zero-order valence-electron chi connectivity index (χ0n) is 9.69. The number of nitrogens with two attached hydrogens (primary N) is 1. The van der Waals surface area contributed by atoms with E-state index in [1.54, 1.807) is 6.33 Å². The number of hydrogen-bond acceptors (Lipinski definition) is 5. The molecule has 0 unspecified atom stereocenters. The van der Waals surface area contributed by atoms with Crippen LogP contribution in [-0.2, 0) is 0 Å². The molecule has 0 aromatic carbocycles. The number of nitrogen functional groups attached to an aromatic ring is 1. The molecule has 1 saturated heterocycles. The molecule has 6 nitrogen and oxygen atoms in total. The summed E-state index contributed by atoms with van der Waals surface area (Å²) in [5.74, 6) is 1.47. The summed E-state index contributed by atoms with van der Waals surface area (Å²) in [5.41, 5.74) is 6.55. The minimum absolute atomic E-state index is 0.555. The van der Waals surface area contributed by atoms with Crippen LogP contribution >= 0.6 is 0 Å². The molecule has 0 atom stereocenters. The lowest BCUT2D eigenvalue weighted by Crippen LogP contribution is -2.25. The maximum absolute atomic E-state index is 5.90. The second-order valence-corrected chi connectivity index (χ2v) is 4.43. The van der Waals surface area contributed by atoms with Gasteiger partial charge in [0.1, 0.15) is 23.3 Å². The smallest absolute Gasteiger partial charge is 0.188 e. The average Bonchev–Trinajstić information content (AvgIpc) is 2.59. The molecule has 0 spiro atoms. The van der Waals surface area contributed by atoms with Crippen molar-refractivity contribution in [3.05, 3.63) is 6.33 Å². The fourth-order valence-electron chi connectivity index (χ4n) is 2.38. The Hall–Kier alpha value is -1.85. The lowest BCUT2D eigenvalue weighted by Gasteiger charge is -2.21. The van der Waals surface area contributed by atoms with E-state index in [9.17, 15) is 0 Å². The molecular formula is C11H16N6. The molecule has 1 aliphatic rings. The topological polar surface area (TPSA) is 83.7 Å². The van der Waals surface area contributed by atoms with Gasteiger partial charge in [0, 0.05) is 13.1 Å². The van der Waals surface area contributed by atoms with Gasteiger partial charge in [-0.3, -0.25) is 5.10 Å². The van der Waals surface area contributed by atoms with E-state index in [2.05, 4.69) is 25.1 Å². The molecule has 0 aliphatic carbocycles. The Labute approximate surface area is 99.2 Å². The number of hydrogen-bond donors (Lipinski definition) is 2. The van der Waals surface area contributed by atoms with Gasteiger partial charge in [0.05, 0.1) is 0 Å². The zero-order chi connectivity index (χ0) is 11.7. The predicted octanol–water partition coefficient (Wildman–Crippen LogP) is 1.32. The van der Waals surface area contributed by atoms with E-state index in [1.807, 2.05) is 0 Å². The Kier molecular flexibility index (Phi) is 2.55. The second kappa shape index (κ2) is 4.20. The van der Waals surface area contributed by atoms with Gasteiger partial charge < -0.3 is 10.6 Å². The van der Waals surface area contributed by atoms with E-state index in [1.165, 1.54) is 25.7 Å². The van der Waals surface area contributed by atoms with Crippen LogP contribution in [0.25, 0.3) is 11.0 Å². The quantitative estimate of drug-likeness (QED) is 0.774. The SMILES string of the molecule is Nc1[nH]nc2ncnc(N3CCCCCC3)c12. The minimum atomic E-state index is 0.555. The Morgan fingerprint density at radius 1 is 1.12 bits per heavy atom. The molecule has 90 valence electrons. The van der Waals surface area contributed by atoms with Crippen molar-refractivity contribution >= 4 is 22.7 Å². The summed E-state index contributed by atoms with van der Waals surface area (Å²) < 4.78 is 0. The van der Waals surface area contributed by atoms with Gasteiger partial charge in [-0.2, -0.15) is 5.10 Å². The highest BCUT2D eigenvalue weighted by atomic mass is 15.2. The van der Waals surface area contributed by atoms with Crippen LogP contribution in [0.5, 0.6) is 0 Å². The summed E-state index contributed by atoms with van der Waals surface area (Å²) in [7, 11) is 0. The third-order valence-electron chi connectivity index (χ3n) is 3.26.